The Kier molecular flexibility index (Phi) is 7.99. The number of amides is 1. The van der Waals surface area contributed by atoms with Crippen LogP contribution in [0.2, 0.25) is 0 Å². The fraction of sp³-hybridized carbons (Fsp3) is 0.650. The van der Waals surface area contributed by atoms with Crippen molar-refractivity contribution in [2.45, 2.75) is 37.0 Å². The lowest BCUT2D eigenvalue weighted by atomic mass is 10.2. The van der Waals surface area contributed by atoms with Crippen LogP contribution in [0.5, 0.6) is 0 Å². The van der Waals surface area contributed by atoms with Crippen LogP contribution in [-0.2, 0) is 14.8 Å². The van der Waals surface area contributed by atoms with Gasteiger partial charge in [0.05, 0.1) is 13.2 Å². The van der Waals surface area contributed by atoms with Gasteiger partial charge in [0.25, 0.3) is 5.91 Å². The SMILES string of the molecule is O=C(NCCCCN1CCOCC1)c1ccc(F)c(S(=O)(=O)N2CCCCC2)c1. The van der Waals surface area contributed by atoms with Gasteiger partial charge in [0.15, 0.2) is 0 Å². The van der Waals surface area contributed by atoms with E-state index in [0.29, 0.717) is 19.6 Å². The minimum atomic E-state index is -3.93. The Balaban J connectivity index is 1.53. The maximum absolute atomic E-state index is 14.3. The van der Waals surface area contributed by atoms with E-state index in [0.717, 1.165) is 77.1 Å². The van der Waals surface area contributed by atoms with Gasteiger partial charge in [-0.05, 0) is 50.4 Å². The first kappa shape index (κ1) is 22.1. The molecule has 0 aliphatic carbocycles. The summed E-state index contributed by atoms with van der Waals surface area (Å²) in [7, 11) is -3.93. The summed E-state index contributed by atoms with van der Waals surface area (Å²) < 4.78 is 46.4. The molecule has 2 saturated heterocycles. The number of ether oxygens (including phenoxy) is 1. The monoisotopic (exact) mass is 427 g/mol. The second-order valence-corrected chi connectivity index (χ2v) is 9.43. The number of rotatable bonds is 8. The fourth-order valence-corrected chi connectivity index (χ4v) is 5.28. The number of piperidine rings is 1. The van der Waals surface area contributed by atoms with E-state index >= 15 is 0 Å². The van der Waals surface area contributed by atoms with E-state index in [1.54, 1.807) is 0 Å². The number of benzene rings is 1. The van der Waals surface area contributed by atoms with Crippen LogP contribution >= 0.6 is 0 Å². The average Bonchev–Trinajstić information content (AvgIpc) is 2.75. The van der Waals surface area contributed by atoms with Crippen molar-refractivity contribution in [3.05, 3.63) is 29.6 Å². The third-order valence-corrected chi connectivity index (χ3v) is 7.33. The van der Waals surface area contributed by atoms with Gasteiger partial charge in [-0.1, -0.05) is 6.42 Å². The van der Waals surface area contributed by atoms with Crippen LogP contribution in [0.4, 0.5) is 4.39 Å². The number of hydrogen-bond acceptors (Lipinski definition) is 5. The summed E-state index contributed by atoms with van der Waals surface area (Å²) in [5, 5.41) is 2.80. The van der Waals surface area contributed by atoms with Crippen LogP contribution in [-0.4, -0.2) is 76.0 Å². The summed E-state index contributed by atoms with van der Waals surface area (Å²) in [6.45, 7) is 5.66. The van der Waals surface area contributed by atoms with Crippen molar-refractivity contribution in [2.24, 2.45) is 0 Å². The number of carbonyl (C=O) groups excluding carboxylic acids is 1. The van der Waals surface area contributed by atoms with Crippen molar-refractivity contribution < 1.29 is 22.3 Å². The highest BCUT2D eigenvalue weighted by atomic mass is 32.2. The van der Waals surface area contributed by atoms with Crippen molar-refractivity contribution in [3.8, 4) is 0 Å². The third-order valence-electron chi connectivity index (χ3n) is 5.42. The number of nitrogens with one attached hydrogen (secondary N) is 1. The van der Waals surface area contributed by atoms with E-state index in [2.05, 4.69) is 10.2 Å². The van der Waals surface area contributed by atoms with Gasteiger partial charge in [0.2, 0.25) is 10.0 Å². The molecule has 2 heterocycles. The summed E-state index contributed by atoms with van der Waals surface area (Å²) in [5.74, 6) is -1.20. The maximum Gasteiger partial charge on any atom is 0.251 e. The molecule has 0 atom stereocenters. The molecule has 0 aromatic heterocycles. The molecule has 162 valence electrons. The van der Waals surface area contributed by atoms with Crippen LogP contribution < -0.4 is 5.32 Å². The van der Waals surface area contributed by atoms with E-state index in [1.165, 1.54) is 10.4 Å². The molecule has 1 amide bonds. The number of nitrogens with zero attached hydrogens (tertiary/aromatic N) is 2. The van der Waals surface area contributed by atoms with Crippen LogP contribution in [0.25, 0.3) is 0 Å². The van der Waals surface area contributed by atoms with E-state index in [9.17, 15) is 17.6 Å². The lowest BCUT2D eigenvalue weighted by Crippen LogP contribution is -2.37. The summed E-state index contributed by atoms with van der Waals surface area (Å²) >= 11 is 0. The molecular weight excluding hydrogens is 397 g/mol. The molecular formula is C20H30FN3O4S. The largest absolute Gasteiger partial charge is 0.379 e. The second kappa shape index (κ2) is 10.5. The molecule has 0 saturated carbocycles. The molecule has 0 radical (unpaired) electrons. The first-order chi connectivity index (χ1) is 14.0. The Morgan fingerprint density at radius 3 is 2.52 bits per heavy atom. The molecule has 1 N–H and O–H groups in total. The molecule has 3 rings (SSSR count). The van der Waals surface area contributed by atoms with Crippen LogP contribution in [0.1, 0.15) is 42.5 Å². The number of hydrogen-bond donors (Lipinski definition) is 1. The van der Waals surface area contributed by atoms with Crippen LogP contribution in [0, 0.1) is 5.82 Å². The van der Waals surface area contributed by atoms with Crippen molar-refractivity contribution in [2.75, 3.05) is 52.5 Å². The van der Waals surface area contributed by atoms with Gasteiger partial charge >= 0.3 is 0 Å². The lowest BCUT2D eigenvalue weighted by molar-refractivity contribution is 0.0372. The second-order valence-electron chi connectivity index (χ2n) is 7.53. The topological polar surface area (TPSA) is 79.0 Å². The summed E-state index contributed by atoms with van der Waals surface area (Å²) in [6, 6.07) is 3.54. The summed E-state index contributed by atoms with van der Waals surface area (Å²) in [6.07, 6.45) is 4.29. The number of unbranched alkanes of at least 4 members (excludes halogenated alkanes) is 1. The van der Waals surface area contributed by atoms with E-state index in [4.69, 9.17) is 4.74 Å². The lowest BCUT2D eigenvalue weighted by Gasteiger charge is -2.26. The molecule has 1 aromatic carbocycles. The predicted molar refractivity (Wildman–Crippen MR) is 108 cm³/mol. The number of morpholine rings is 1. The van der Waals surface area contributed by atoms with Gasteiger partial charge < -0.3 is 10.1 Å². The standard InChI is InChI=1S/C20H30FN3O4S/c21-18-7-6-17(16-19(18)29(26,27)24-10-3-1-4-11-24)20(25)22-8-2-5-9-23-12-14-28-15-13-23/h6-7,16H,1-5,8-15H2,(H,22,25). The molecule has 0 spiro atoms. The highest BCUT2D eigenvalue weighted by molar-refractivity contribution is 7.89. The van der Waals surface area contributed by atoms with Crippen molar-refractivity contribution in [1.29, 1.82) is 0 Å². The molecule has 9 heteroatoms. The molecule has 2 aliphatic heterocycles. The molecule has 0 unspecified atom stereocenters. The van der Waals surface area contributed by atoms with Gasteiger partial charge in [-0.25, -0.2) is 12.8 Å². The van der Waals surface area contributed by atoms with Crippen molar-refractivity contribution in [1.82, 2.24) is 14.5 Å². The van der Waals surface area contributed by atoms with Crippen molar-refractivity contribution in [3.63, 3.8) is 0 Å². The summed E-state index contributed by atoms with van der Waals surface area (Å²) in [5.41, 5.74) is 0.162. The average molecular weight is 428 g/mol. The maximum atomic E-state index is 14.3. The highest BCUT2D eigenvalue weighted by Gasteiger charge is 2.29. The van der Waals surface area contributed by atoms with Gasteiger partial charge in [-0.15, -0.1) is 0 Å². The molecule has 7 nitrogen and oxygen atoms in total. The predicted octanol–water partition coefficient (Wildman–Crippen LogP) is 1.84. The first-order valence-corrected chi connectivity index (χ1v) is 11.8. The number of carbonyl (C=O) groups is 1. The quantitative estimate of drug-likeness (QED) is 0.641. The normalized spacial score (nSPS) is 19.2. The minimum Gasteiger partial charge on any atom is -0.379 e. The Bertz CT molecular complexity index is 791. The summed E-state index contributed by atoms with van der Waals surface area (Å²) in [4.78, 5) is 14.3. The zero-order valence-electron chi connectivity index (χ0n) is 16.7. The zero-order chi connectivity index (χ0) is 20.7. The molecule has 1 aromatic rings. The molecule has 2 fully saturated rings. The number of sulfonamides is 1. The Morgan fingerprint density at radius 1 is 1.07 bits per heavy atom. The van der Waals surface area contributed by atoms with Gasteiger partial charge in [0.1, 0.15) is 10.7 Å². The highest BCUT2D eigenvalue weighted by Crippen LogP contribution is 2.24. The Hall–Kier alpha value is -1.55. The molecule has 2 aliphatic rings. The molecule has 29 heavy (non-hydrogen) atoms. The van der Waals surface area contributed by atoms with E-state index in [-0.39, 0.29) is 11.5 Å². The Labute approximate surface area is 172 Å². The smallest absolute Gasteiger partial charge is 0.251 e. The van der Waals surface area contributed by atoms with E-state index in [1.807, 2.05) is 0 Å². The Morgan fingerprint density at radius 2 is 1.79 bits per heavy atom. The van der Waals surface area contributed by atoms with Gasteiger partial charge in [-0.2, -0.15) is 4.31 Å². The van der Waals surface area contributed by atoms with Gasteiger partial charge in [0, 0.05) is 38.3 Å². The minimum absolute atomic E-state index is 0.162. The molecule has 0 bridgehead atoms. The third kappa shape index (κ3) is 5.97. The zero-order valence-corrected chi connectivity index (χ0v) is 17.6. The van der Waals surface area contributed by atoms with E-state index < -0.39 is 20.7 Å². The number of halogens is 1. The van der Waals surface area contributed by atoms with Crippen molar-refractivity contribution >= 4 is 15.9 Å². The fourth-order valence-electron chi connectivity index (χ4n) is 3.68. The first-order valence-electron chi connectivity index (χ1n) is 10.4. The van der Waals surface area contributed by atoms with Crippen LogP contribution in [0.15, 0.2) is 23.1 Å². The van der Waals surface area contributed by atoms with Crippen LogP contribution in [0.3, 0.4) is 0 Å². The van der Waals surface area contributed by atoms with Gasteiger partial charge in [-0.3, -0.25) is 9.69 Å².